The van der Waals surface area contributed by atoms with Gasteiger partial charge in [-0.15, -0.1) is 22.0 Å². The Balaban J connectivity index is 1.98. The second kappa shape index (κ2) is 4.22. The number of carbonyl (C=O) groups is 1. The van der Waals surface area contributed by atoms with Gasteiger partial charge in [0.15, 0.2) is 0 Å². The van der Waals surface area contributed by atoms with Crippen LogP contribution >= 0.6 is 11.8 Å². The van der Waals surface area contributed by atoms with Gasteiger partial charge in [-0.25, -0.2) is 0 Å². The van der Waals surface area contributed by atoms with Gasteiger partial charge >= 0.3 is 5.97 Å². The van der Waals surface area contributed by atoms with Gasteiger partial charge in [-0.05, 0) is 19.8 Å². The maximum Gasteiger partial charge on any atom is 0.313 e. The number of aliphatic carboxylic acids is 1. The molecule has 1 fully saturated rings. The normalized spacial score (nSPS) is 15.5. The molecule has 1 aliphatic rings. The first-order valence-electron chi connectivity index (χ1n) is 4.88. The van der Waals surface area contributed by atoms with Crippen LogP contribution in [0.1, 0.15) is 30.5 Å². The van der Waals surface area contributed by atoms with Crippen LogP contribution < -0.4 is 0 Å². The molecule has 0 bridgehead atoms. The van der Waals surface area contributed by atoms with Crippen LogP contribution in [0.15, 0.2) is 0 Å². The fraction of sp³-hybridized carbons (Fsp3) is 0.667. The van der Waals surface area contributed by atoms with Crippen LogP contribution in [0.4, 0.5) is 0 Å². The molecular formula is C9H13N3O2S. The third-order valence-electron chi connectivity index (χ3n) is 2.31. The van der Waals surface area contributed by atoms with Gasteiger partial charge in [-0.2, -0.15) is 0 Å². The van der Waals surface area contributed by atoms with E-state index < -0.39 is 5.97 Å². The molecule has 1 N–H and O–H groups in total. The second-order valence-corrected chi connectivity index (χ2v) is 4.64. The Morgan fingerprint density at radius 1 is 1.60 bits per heavy atom. The number of aryl methyl sites for hydroxylation is 1. The molecule has 1 saturated carbocycles. The minimum absolute atomic E-state index is 0.122. The van der Waals surface area contributed by atoms with Gasteiger partial charge in [0.25, 0.3) is 0 Å². The minimum atomic E-state index is -0.783. The molecule has 0 amide bonds. The lowest BCUT2D eigenvalue weighted by atomic mass is 10.5. The first-order chi connectivity index (χ1) is 7.18. The van der Waals surface area contributed by atoms with Crippen molar-refractivity contribution in [3.8, 4) is 0 Å². The first-order valence-corrected chi connectivity index (χ1v) is 6.04. The fourth-order valence-electron chi connectivity index (χ4n) is 1.55. The van der Waals surface area contributed by atoms with Crippen LogP contribution in [0.2, 0.25) is 0 Å². The average Bonchev–Trinajstić information content (AvgIpc) is 2.92. The highest BCUT2D eigenvalue weighted by atomic mass is 32.2. The summed E-state index contributed by atoms with van der Waals surface area (Å²) < 4.78 is 2.13. The standard InChI is InChI=1S/C9H13N3O2S/c1-6-10-11-8(4-15-5-9(13)14)12(6)7-2-3-7/h7H,2-5H2,1H3,(H,13,14). The highest BCUT2D eigenvalue weighted by molar-refractivity contribution is 7.99. The number of carboxylic acid groups (broad SMARTS) is 1. The number of thioether (sulfide) groups is 1. The van der Waals surface area contributed by atoms with Crippen molar-refractivity contribution in [1.82, 2.24) is 14.8 Å². The van der Waals surface area contributed by atoms with Gasteiger partial charge in [0.2, 0.25) is 0 Å². The predicted octanol–water partition coefficient (Wildman–Crippen LogP) is 1.24. The summed E-state index contributed by atoms with van der Waals surface area (Å²) in [7, 11) is 0. The van der Waals surface area contributed by atoms with Crippen molar-refractivity contribution in [3.63, 3.8) is 0 Å². The van der Waals surface area contributed by atoms with Crippen LogP contribution in [0.25, 0.3) is 0 Å². The predicted molar refractivity (Wildman–Crippen MR) is 56.8 cm³/mol. The quantitative estimate of drug-likeness (QED) is 0.819. The lowest BCUT2D eigenvalue weighted by Gasteiger charge is -2.05. The number of hydrogen-bond donors (Lipinski definition) is 1. The van der Waals surface area contributed by atoms with Crippen LogP contribution in [-0.2, 0) is 10.5 Å². The van der Waals surface area contributed by atoms with E-state index in [2.05, 4.69) is 14.8 Å². The molecule has 0 aromatic carbocycles. The summed E-state index contributed by atoms with van der Waals surface area (Å²) in [6.45, 7) is 1.94. The van der Waals surface area contributed by atoms with Crippen molar-refractivity contribution < 1.29 is 9.90 Å². The highest BCUT2D eigenvalue weighted by Crippen LogP contribution is 2.36. The van der Waals surface area contributed by atoms with E-state index in [-0.39, 0.29) is 5.75 Å². The van der Waals surface area contributed by atoms with Crippen LogP contribution in [0, 0.1) is 6.92 Å². The topological polar surface area (TPSA) is 68.0 Å². The largest absolute Gasteiger partial charge is 0.481 e. The number of rotatable bonds is 5. The molecule has 82 valence electrons. The SMILES string of the molecule is Cc1nnc(CSCC(=O)O)n1C1CC1. The molecule has 0 spiro atoms. The Bertz CT molecular complexity index is 373. The van der Waals surface area contributed by atoms with E-state index in [1.165, 1.54) is 24.6 Å². The zero-order valence-corrected chi connectivity index (χ0v) is 9.33. The van der Waals surface area contributed by atoms with Crippen molar-refractivity contribution in [2.24, 2.45) is 0 Å². The third kappa shape index (κ3) is 2.50. The summed E-state index contributed by atoms with van der Waals surface area (Å²) in [4.78, 5) is 10.4. The van der Waals surface area contributed by atoms with E-state index in [9.17, 15) is 4.79 Å². The second-order valence-electron chi connectivity index (χ2n) is 3.65. The van der Waals surface area contributed by atoms with Crippen molar-refractivity contribution >= 4 is 17.7 Å². The first kappa shape index (κ1) is 10.5. The molecule has 5 nitrogen and oxygen atoms in total. The molecule has 0 saturated heterocycles. The molecule has 1 aromatic heterocycles. The summed E-state index contributed by atoms with van der Waals surface area (Å²) >= 11 is 1.36. The molecule has 1 aliphatic carbocycles. The van der Waals surface area contributed by atoms with E-state index in [0.29, 0.717) is 11.8 Å². The van der Waals surface area contributed by atoms with Gasteiger partial charge in [0.05, 0.1) is 11.5 Å². The molecule has 0 unspecified atom stereocenters. The molecular weight excluding hydrogens is 214 g/mol. The smallest absolute Gasteiger partial charge is 0.313 e. The van der Waals surface area contributed by atoms with Gasteiger partial charge in [-0.3, -0.25) is 4.79 Å². The van der Waals surface area contributed by atoms with Crippen molar-refractivity contribution in [2.45, 2.75) is 31.6 Å². The molecule has 1 heterocycles. The highest BCUT2D eigenvalue weighted by Gasteiger charge is 2.27. The maximum atomic E-state index is 10.4. The lowest BCUT2D eigenvalue weighted by molar-refractivity contribution is -0.133. The van der Waals surface area contributed by atoms with Crippen LogP contribution in [0.5, 0.6) is 0 Å². The van der Waals surface area contributed by atoms with Gasteiger partial charge < -0.3 is 9.67 Å². The monoisotopic (exact) mass is 227 g/mol. The van der Waals surface area contributed by atoms with Crippen molar-refractivity contribution in [2.75, 3.05) is 5.75 Å². The van der Waals surface area contributed by atoms with E-state index in [1.807, 2.05) is 6.92 Å². The zero-order chi connectivity index (χ0) is 10.8. The molecule has 15 heavy (non-hydrogen) atoms. The Morgan fingerprint density at radius 2 is 2.33 bits per heavy atom. The molecule has 0 atom stereocenters. The fourth-order valence-corrected chi connectivity index (χ4v) is 2.21. The summed E-state index contributed by atoms with van der Waals surface area (Å²) in [5.41, 5.74) is 0. The third-order valence-corrected chi connectivity index (χ3v) is 3.22. The van der Waals surface area contributed by atoms with Crippen LogP contribution in [0.3, 0.4) is 0 Å². The van der Waals surface area contributed by atoms with Gasteiger partial charge in [0.1, 0.15) is 11.6 Å². The Morgan fingerprint density at radius 3 is 2.93 bits per heavy atom. The number of aromatic nitrogens is 3. The van der Waals surface area contributed by atoms with Crippen LogP contribution in [-0.4, -0.2) is 31.6 Å². The van der Waals surface area contributed by atoms with E-state index in [4.69, 9.17) is 5.11 Å². The minimum Gasteiger partial charge on any atom is -0.481 e. The van der Waals surface area contributed by atoms with Gasteiger partial charge in [0, 0.05) is 6.04 Å². The molecule has 6 heteroatoms. The molecule has 0 radical (unpaired) electrons. The Kier molecular flexibility index (Phi) is 2.95. The summed E-state index contributed by atoms with van der Waals surface area (Å²) in [5.74, 6) is 1.80. The van der Waals surface area contributed by atoms with Gasteiger partial charge in [-0.1, -0.05) is 0 Å². The van der Waals surface area contributed by atoms with E-state index >= 15 is 0 Å². The Hall–Kier alpha value is -1.04. The molecule has 2 rings (SSSR count). The number of nitrogens with zero attached hydrogens (tertiary/aromatic N) is 3. The summed E-state index contributed by atoms with van der Waals surface area (Å²) in [6, 6.07) is 0.556. The van der Waals surface area contributed by atoms with E-state index in [1.54, 1.807) is 0 Å². The zero-order valence-electron chi connectivity index (χ0n) is 8.51. The van der Waals surface area contributed by atoms with Crippen molar-refractivity contribution in [1.29, 1.82) is 0 Å². The maximum absolute atomic E-state index is 10.4. The number of hydrogen-bond acceptors (Lipinski definition) is 4. The summed E-state index contributed by atoms with van der Waals surface area (Å²) in [6.07, 6.45) is 2.38. The van der Waals surface area contributed by atoms with E-state index in [0.717, 1.165) is 11.6 Å². The Labute approximate surface area is 91.9 Å². The van der Waals surface area contributed by atoms with Crippen molar-refractivity contribution in [3.05, 3.63) is 11.6 Å². The lowest BCUT2D eigenvalue weighted by Crippen LogP contribution is -2.04. The number of carboxylic acids is 1. The average molecular weight is 227 g/mol. The summed E-state index contributed by atoms with van der Waals surface area (Å²) in [5, 5.41) is 16.6. The molecule has 1 aromatic rings. The molecule has 0 aliphatic heterocycles.